The van der Waals surface area contributed by atoms with Crippen LogP contribution in [0.25, 0.3) is 17.3 Å². The van der Waals surface area contributed by atoms with E-state index in [0.717, 1.165) is 49.8 Å². The van der Waals surface area contributed by atoms with Crippen molar-refractivity contribution in [2.75, 3.05) is 24.5 Å². The van der Waals surface area contributed by atoms with E-state index in [9.17, 15) is 18.8 Å². The third kappa shape index (κ3) is 8.01. The molecule has 46 heavy (non-hydrogen) atoms. The van der Waals surface area contributed by atoms with Crippen LogP contribution in [0.15, 0.2) is 83.9 Å². The number of carbonyl (C=O) groups excluding carboxylic acids is 3. The number of hydrogen-bond acceptors (Lipinski definition) is 9. The van der Waals surface area contributed by atoms with E-state index < -0.39 is 5.91 Å². The molecule has 0 bridgehead atoms. The molecule has 0 unspecified atom stereocenters. The van der Waals surface area contributed by atoms with Gasteiger partial charge in [0.15, 0.2) is 0 Å². The molecule has 0 saturated carbocycles. The molecule has 0 spiro atoms. The second kappa shape index (κ2) is 14.4. The van der Waals surface area contributed by atoms with E-state index in [4.69, 9.17) is 0 Å². The highest BCUT2D eigenvalue weighted by molar-refractivity contribution is 8.18. The van der Waals surface area contributed by atoms with Gasteiger partial charge in [0.05, 0.1) is 22.0 Å². The zero-order valence-corrected chi connectivity index (χ0v) is 25.7. The molecule has 0 atom stereocenters. The highest BCUT2D eigenvalue weighted by atomic mass is 32.2. The van der Waals surface area contributed by atoms with Crippen molar-refractivity contribution in [3.8, 4) is 11.3 Å². The van der Waals surface area contributed by atoms with E-state index in [1.807, 2.05) is 36.4 Å². The molecule has 12 heteroatoms. The first-order valence-corrected chi connectivity index (χ1v) is 15.8. The monoisotopic (exact) mass is 637 g/mol. The van der Waals surface area contributed by atoms with Crippen LogP contribution in [0.5, 0.6) is 0 Å². The number of pyridine rings is 1. The van der Waals surface area contributed by atoms with Gasteiger partial charge in [-0.25, -0.2) is 14.4 Å². The number of thioether (sulfide) groups is 1. The molecule has 0 radical (unpaired) electrons. The summed E-state index contributed by atoms with van der Waals surface area (Å²) in [5.41, 5.74) is 3.78. The Bertz CT molecular complexity index is 1780. The number of nitrogens with one attached hydrogen (secondary N) is 3. The van der Waals surface area contributed by atoms with Crippen LogP contribution in [0.1, 0.15) is 40.2 Å². The number of benzene rings is 2. The first-order valence-electron chi connectivity index (χ1n) is 15.0. The quantitative estimate of drug-likeness (QED) is 0.207. The summed E-state index contributed by atoms with van der Waals surface area (Å²) in [5.74, 6) is 0.00347. The standard InChI is InChI=1S/C34H32FN7O3S/c35-26-16-28(39-29(17-26)24-7-4-8-25(15-24)31(43)38-20-22-5-2-1-3-6-22)21-36-19-23-10-13-42(14-11-23)33-37-12-9-27(40-33)18-30-32(44)41-34(45)46-30/h1-9,12,15-18,23,36H,10-11,13-14,19-21H2,(H,38,43)(H,41,44,45). The third-order valence-electron chi connectivity index (χ3n) is 7.78. The van der Waals surface area contributed by atoms with Crippen molar-refractivity contribution in [2.24, 2.45) is 5.92 Å². The van der Waals surface area contributed by atoms with Gasteiger partial charge in [-0.1, -0.05) is 42.5 Å². The summed E-state index contributed by atoms with van der Waals surface area (Å²) in [6.07, 6.45) is 5.10. The van der Waals surface area contributed by atoms with E-state index in [-0.39, 0.29) is 17.0 Å². The molecule has 2 fully saturated rings. The molecule has 4 aromatic rings. The minimum absolute atomic E-state index is 0.207. The van der Waals surface area contributed by atoms with Gasteiger partial charge >= 0.3 is 0 Å². The Morgan fingerprint density at radius 1 is 1.00 bits per heavy atom. The molecule has 6 rings (SSSR count). The number of piperidine rings is 1. The first-order chi connectivity index (χ1) is 22.4. The van der Waals surface area contributed by atoms with Crippen LogP contribution in [-0.4, -0.2) is 51.6 Å². The molecule has 10 nitrogen and oxygen atoms in total. The van der Waals surface area contributed by atoms with E-state index in [1.54, 1.807) is 36.5 Å². The summed E-state index contributed by atoms with van der Waals surface area (Å²) < 4.78 is 14.6. The van der Waals surface area contributed by atoms with Gasteiger partial charge in [-0.05, 0) is 73.0 Å². The number of halogens is 1. The van der Waals surface area contributed by atoms with Crippen molar-refractivity contribution in [1.82, 2.24) is 30.9 Å². The molecule has 2 saturated heterocycles. The molecule has 2 aromatic heterocycles. The predicted octanol–water partition coefficient (Wildman–Crippen LogP) is 4.94. The Labute approximate surface area is 269 Å². The molecule has 3 N–H and O–H groups in total. The van der Waals surface area contributed by atoms with Crippen LogP contribution in [0.2, 0.25) is 0 Å². The van der Waals surface area contributed by atoms with Gasteiger partial charge in [0, 0.05) is 49.6 Å². The fourth-order valence-corrected chi connectivity index (χ4v) is 6.05. The van der Waals surface area contributed by atoms with Crippen molar-refractivity contribution in [2.45, 2.75) is 25.9 Å². The summed E-state index contributed by atoms with van der Waals surface area (Å²) in [6, 6.07) is 21.3. The van der Waals surface area contributed by atoms with Crippen LogP contribution < -0.4 is 20.9 Å². The summed E-state index contributed by atoms with van der Waals surface area (Å²) in [4.78, 5) is 52.2. The maximum atomic E-state index is 14.6. The second-order valence-corrected chi connectivity index (χ2v) is 12.1. The average molecular weight is 638 g/mol. The van der Waals surface area contributed by atoms with E-state index in [1.165, 1.54) is 12.1 Å². The molecular weight excluding hydrogens is 605 g/mol. The minimum atomic E-state index is -0.415. The summed E-state index contributed by atoms with van der Waals surface area (Å²) >= 11 is 0.859. The molecular formula is C34H32FN7O3S. The van der Waals surface area contributed by atoms with Crippen LogP contribution in [0, 0.1) is 11.7 Å². The van der Waals surface area contributed by atoms with Crippen LogP contribution >= 0.6 is 11.8 Å². The molecule has 4 heterocycles. The van der Waals surface area contributed by atoms with Crippen LogP contribution in [0.4, 0.5) is 15.1 Å². The third-order valence-corrected chi connectivity index (χ3v) is 8.59. The van der Waals surface area contributed by atoms with Crippen molar-refractivity contribution >= 4 is 40.8 Å². The molecule has 0 aliphatic carbocycles. The molecule has 234 valence electrons. The number of anilines is 1. The SMILES string of the molecule is O=C1NC(=O)C(=Cc2ccnc(N3CCC(CNCc4cc(F)cc(-c5cccc(C(=O)NCc6ccccc6)c5)n4)CC3)n2)S1. The van der Waals surface area contributed by atoms with Gasteiger partial charge in [-0.3, -0.25) is 24.7 Å². The maximum absolute atomic E-state index is 14.6. The number of nitrogens with zero attached hydrogens (tertiary/aromatic N) is 4. The van der Waals surface area contributed by atoms with Crippen LogP contribution in [-0.2, 0) is 17.9 Å². The number of imide groups is 1. The number of rotatable bonds is 10. The lowest BCUT2D eigenvalue weighted by atomic mass is 9.97. The zero-order chi connectivity index (χ0) is 31.9. The fourth-order valence-electron chi connectivity index (χ4n) is 5.38. The topological polar surface area (TPSA) is 129 Å². The lowest BCUT2D eigenvalue weighted by Crippen LogP contribution is -2.38. The highest BCUT2D eigenvalue weighted by Gasteiger charge is 2.26. The highest BCUT2D eigenvalue weighted by Crippen LogP contribution is 2.26. The predicted molar refractivity (Wildman–Crippen MR) is 175 cm³/mol. The lowest BCUT2D eigenvalue weighted by Gasteiger charge is -2.32. The Hall–Kier alpha value is -4.94. The molecule has 2 aromatic carbocycles. The van der Waals surface area contributed by atoms with Gasteiger partial charge in [0.1, 0.15) is 5.82 Å². The summed E-state index contributed by atoms with van der Waals surface area (Å²) in [7, 11) is 0. The molecule has 2 aliphatic heterocycles. The smallest absolute Gasteiger partial charge is 0.290 e. The first kappa shape index (κ1) is 31.1. The maximum Gasteiger partial charge on any atom is 0.290 e. The van der Waals surface area contributed by atoms with E-state index in [0.29, 0.717) is 58.1 Å². The normalized spacial score (nSPS) is 16.1. The van der Waals surface area contributed by atoms with Gasteiger partial charge < -0.3 is 15.5 Å². The summed E-state index contributed by atoms with van der Waals surface area (Å²) in [5, 5.41) is 8.22. The molecule has 3 amide bonds. The Balaban J connectivity index is 1.00. The number of amides is 3. The number of hydrogen-bond donors (Lipinski definition) is 3. The number of carbonyl (C=O) groups is 3. The zero-order valence-electron chi connectivity index (χ0n) is 24.9. The Kier molecular flexibility index (Phi) is 9.75. The Morgan fingerprint density at radius 2 is 1.83 bits per heavy atom. The van der Waals surface area contributed by atoms with E-state index >= 15 is 0 Å². The fraction of sp³-hybridized carbons (Fsp3) is 0.235. The average Bonchev–Trinajstić information content (AvgIpc) is 3.39. The van der Waals surface area contributed by atoms with Gasteiger partial charge in [0.25, 0.3) is 17.1 Å². The molecule has 2 aliphatic rings. The second-order valence-electron chi connectivity index (χ2n) is 11.1. The minimum Gasteiger partial charge on any atom is -0.348 e. The van der Waals surface area contributed by atoms with Crippen molar-refractivity contribution in [3.05, 3.63) is 112 Å². The van der Waals surface area contributed by atoms with Gasteiger partial charge in [0.2, 0.25) is 5.95 Å². The van der Waals surface area contributed by atoms with Crippen LogP contribution in [0.3, 0.4) is 0 Å². The Morgan fingerprint density at radius 3 is 2.61 bits per heavy atom. The lowest BCUT2D eigenvalue weighted by molar-refractivity contribution is -0.115. The van der Waals surface area contributed by atoms with Gasteiger partial charge in [-0.2, -0.15) is 0 Å². The summed E-state index contributed by atoms with van der Waals surface area (Å²) in [6.45, 7) is 3.14. The van der Waals surface area contributed by atoms with E-state index in [2.05, 4.69) is 35.8 Å². The number of aromatic nitrogens is 3. The van der Waals surface area contributed by atoms with Gasteiger partial charge in [-0.15, -0.1) is 0 Å². The van der Waals surface area contributed by atoms with Crippen molar-refractivity contribution in [3.63, 3.8) is 0 Å². The van der Waals surface area contributed by atoms with Crippen molar-refractivity contribution in [1.29, 1.82) is 0 Å². The van der Waals surface area contributed by atoms with Crippen molar-refractivity contribution < 1.29 is 18.8 Å². The largest absolute Gasteiger partial charge is 0.348 e.